The maximum atomic E-state index is 11.1. The number of hydrogen-bond donors (Lipinski definition) is 2. The maximum Gasteiger partial charge on any atom is 0.303 e. The highest BCUT2D eigenvalue weighted by atomic mass is 16.7. The van der Waals surface area contributed by atoms with Gasteiger partial charge in [-0.2, -0.15) is 0 Å². The van der Waals surface area contributed by atoms with Crippen molar-refractivity contribution in [3.8, 4) is 0 Å². The van der Waals surface area contributed by atoms with Crippen LogP contribution in [0.5, 0.6) is 0 Å². The fraction of sp³-hybridized carbons (Fsp3) is 0.750. The summed E-state index contributed by atoms with van der Waals surface area (Å²) in [5, 5.41) is 19.0. The van der Waals surface area contributed by atoms with Crippen LogP contribution in [0.4, 0.5) is 0 Å². The smallest absolute Gasteiger partial charge is 0.303 e. The third-order valence-corrected chi connectivity index (χ3v) is 2.69. The van der Waals surface area contributed by atoms with Crippen LogP contribution in [-0.2, 0) is 33.3 Å². The Morgan fingerprint density at radius 3 is 2.00 bits per heavy atom. The molecule has 0 aliphatic carbocycles. The lowest BCUT2D eigenvalue weighted by Gasteiger charge is -2.26. The second-order valence-corrected chi connectivity index (χ2v) is 4.47. The SMILES string of the molecule is CC(=O)O[C@@H]1[C@@H](OC(C)=O)[C@H](O)O[C@H]1[C@@H](CO)OC(C)=O. The summed E-state index contributed by atoms with van der Waals surface area (Å²) in [6, 6.07) is 0. The zero-order valence-electron chi connectivity index (χ0n) is 11.8. The number of hydrogen-bond acceptors (Lipinski definition) is 9. The van der Waals surface area contributed by atoms with E-state index in [1.165, 1.54) is 0 Å². The van der Waals surface area contributed by atoms with E-state index in [4.69, 9.17) is 18.9 Å². The Kier molecular flexibility index (Phi) is 6.06. The number of esters is 3. The monoisotopic (exact) mass is 306 g/mol. The van der Waals surface area contributed by atoms with Crippen molar-refractivity contribution in [1.29, 1.82) is 0 Å². The molecule has 0 unspecified atom stereocenters. The topological polar surface area (TPSA) is 129 Å². The van der Waals surface area contributed by atoms with Crippen molar-refractivity contribution in [3.05, 3.63) is 0 Å². The van der Waals surface area contributed by atoms with Crippen molar-refractivity contribution in [2.24, 2.45) is 0 Å². The average molecular weight is 306 g/mol. The van der Waals surface area contributed by atoms with Crippen molar-refractivity contribution in [2.75, 3.05) is 6.61 Å². The van der Waals surface area contributed by atoms with Gasteiger partial charge in [0.05, 0.1) is 6.61 Å². The van der Waals surface area contributed by atoms with Gasteiger partial charge in [-0.05, 0) is 0 Å². The number of ether oxygens (including phenoxy) is 4. The van der Waals surface area contributed by atoms with E-state index in [0.29, 0.717) is 0 Å². The standard InChI is InChI=1S/C12H18O9/c1-5(14)18-8(4-13)9-10(19-6(2)15)11(12(17)21-9)20-7(3)16/h8-13,17H,4H2,1-3H3/t8-,9+,10+,11-,12-/m1/s1. The van der Waals surface area contributed by atoms with E-state index in [1.54, 1.807) is 0 Å². The van der Waals surface area contributed by atoms with Gasteiger partial charge in [0.2, 0.25) is 0 Å². The Bertz CT molecular complexity index is 408. The van der Waals surface area contributed by atoms with Crippen LogP contribution in [0, 0.1) is 0 Å². The zero-order chi connectivity index (χ0) is 16.2. The fourth-order valence-corrected chi connectivity index (χ4v) is 2.03. The molecule has 1 aliphatic heterocycles. The number of carbonyl (C=O) groups is 3. The first-order valence-corrected chi connectivity index (χ1v) is 6.22. The first kappa shape index (κ1) is 17.3. The van der Waals surface area contributed by atoms with E-state index in [0.717, 1.165) is 20.8 Å². The van der Waals surface area contributed by atoms with E-state index in [-0.39, 0.29) is 0 Å². The molecular formula is C12H18O9. The predicted molar refractivity (Wildman–Crippen MR) is 64.6 cm³/mol. The van der Waals surface area contributed by atoms with Gasteiger partial charge in [-0.15, -0.1) is 0 Å². The van der Waals surface area contributed by atoms with Crippen molar-refractivity contribution < 1.29 is 43.5 Å². The summed E-state index contributed by atoms with van der Waals surface area (Å²) in [6.07, 6.45) is -6.41. The second kappa shape index (κ2) is 7.34. The van der Waals surface area contributed by atoms with Gasteiger partial charge in [-0.25, -0.2) is 0 Å². The Labute approximate surface area is 120 Å². The lowest BCUT2D eigenvalue weighted by Crippen LogP contribution is -2.46. The molecular weight excluding hydrogens is 288 g/mol. The van der Waals surface area contributed by atoms with Gasteiger partial charge in [0.15, 0.2) is 24.6 Å². The van der Waals surface area contributed by atoms with Gasteiger partial charge >= 0.3 is 17.9 Å². The molecule has 9 heteroatoms. The summed E-state index contributed by atoms with van der Waals surface area (Å²) in [4.78, 5) is 33.2. The lowest BCUT2D eigenvalue weighted by atomic mass is 10.1. The van der Waals surface area contributed by atoms with Crippen LogP contribution in [-0.4, -0.2) is 65.4 Å². The first-order chi connectivity index (χ1) is 9.76. The molecule has 1 aliphatic rings. The summed E-state index contributed by atoms with van der Waals surface area (Å²) < 4.78 is 19.8. The Hall–Kier alpha value is -1.71. The summed E-state index contributed by atoms with van der Waals surface area (Å²) in [5.41, 5.74) is 0. The van der Waals surface area contributed by atoms with Crippen LogP contribution in [0.1, 0.15) is 20.8 Å². The zero-order valence-corrected chi connectivity index (χ0v) is 11.8. The van der Waals surface area contributed by atoms with Gasteiger partial charge in [0, 0.05) is 20.8 Å². The second-order valence-electron chi connectivity index (χ2n) is 4.47. The van der Waals surface area contributed by atoms with Crippen molar-refractivity contribution >= 4 is 17.9 Å². The van der Waals surface area contributed by atoms with Gasteiger partial charge < -0.3 is 29.2 Å². The predicted octanol–water partition coefficient (Wildman–Crippen LogP) is -1.51. The van der Waals surface area contributed by atoms with Crippen LogP contribution >= 0.6 is 0 Å². The molecule has 2 N–H and O–H groups in total. The van der Waals surface area contributed by atoms with Crippen LogP contribution in [0.15, 0.2) is 0 Å². The van der Waals surface area contributed by atoms with E-state index in [9.17, 15) is 24.6 Å². The number of rotatable bonds is 5. The fourth-order valence-electron chi connectivity index (χ4n) is 2.03. The summed E-state index contributed by atoms with van der Waals surface area (Å²) in [6.45, 7) is 2.73. The highest BCUT2D eigenvalue weighted by Gasteiger charge is 2.52. The molecule has 0 saturated carbocycles. The summed E-state index contributed by atoms with van der Waals surface area (Å²) >= 11 is 0. The molecule has 0 spiro atoms. The summed E-state index contributed by atoms with van der Waals surface area (Å²) in [5.74, 6) is -2.11. The third kappa shape index (κ3) is 4.66. The van der Waals surface area contributed by atoms with Crippen molar-refractivity contribution in [3.63, 3.8) is 0 Å². The molecule has 1 fully saturated rings. The molecule has 120 valence electrons. The molecule has 1 saturated heterocycles. The van der Waals surface area contributed by atoms with Gasteiger partial charge in [0.1, 0.15) is 6.10 Å². The van der Waals surface area contributed by atoms with Gasteiger partial charge in [-0.1, -0.05) is 0 Å². The van der Waals surface area contributed by atoms with Crippen LogP contribution < -0.4 is 0 Å². The molecule has 0 aromatic heterocycles. The average Bonchev–Trinajstić information content (AvgIpc) is 2.63. The Morgan fingerprint density at radius 1 is 1.05 bits per heavy atom. The molecule has 5 atom stereocenters. The summed E-state index contributed by atoms with van der Waals surface area (Å²) in [7, 11) is 0. The highest BCUT2D eigenvalue weighted by Crippen LogP contribution is 2.29. The molecule has 0 radical (unpaired) electrons. The van der Waals surface area contributed by atoms with Gasteiger partial charge in [0.25, 0.3) is 0 Å². The highest BCUT2D eigenvalue weighted by molar-refractivity contribution is 5.68. The third-order valence-electron chi connectivity index (χ3n) is 2.69. The number of carbonyl (C=O) groups excluding carboxylic acids is 3. The molecule has 0 aromatic rings. The largest absolute Gasteiger partial charge is 0.457 e. The molecule has 0 bridgehead atoms. The molecule has 1 heterocycles. The minimum atomic E-state index is -1.58. The number of aliphatic hydroxyl groups is 2. The quantitative estimate of drug-likeness (QED) is 0.460. The molecule has 0 amide bonds. The number of aliphatic hydroxyl groups excluding tert-OH is 2. The van der Waals surface area contributed by atoms with Crippen LogP contribution in [0.2, 0.25) is 0 Å². The lowest BCUT2D eigenvalue weighted by molar-refractivity contribution is -0.180. The first-order valence-electron chi connectivity index (χ1n) is 6.22. The van der Waals surface area contributed by atoms with E-state index in [2.05, 4.69) is 0 Å². The minimum Gasteiger partial charge on any atom is -0.457 e. The Morgan fingerprint density at radius 2 is 1.57 bits per heavy atom. The molecule has 1 rings (SSSR count). The van der Waals surface area contributed by atoms with Crippen LogP contribution in [0.3, 0.4) is 0 Å². The van der Waals surface area contributed by atoms with Crippen LogP contribution in [0.25, 0.3) is 0 Å². The molecule has 0 aromatic carbocycles. The molecule has 9 nitrogen and oxygen atoms in total. The van der Waals surface area contributed by atoms with E-state index in [1.807, 2.05) is 0 Å². The van der Waals surface area contributed by atoms with Crippen molar-refractivity contribution in [1.82, 2.24) is 0 Å². The van der Waals surface area contributed by atoms with E-state index < -0.39 is 55.2 Å². The van der Waals surface area contributed by atoms with Crippen molar-refractivity contribution in [2.45, 2.75) is 51.5 Å². The molecule has 21 heavy (non-hydrogen) atoms. The van der Waals surface area contributed by atoms with Gasteiger partial charge in [-0.3, -0.25) is 14.4 Å². The minimum absolute atomic E-state index is 0.623. The normalized spacial score (nSPS) is 29.6. The Balaban J connectivity index is 2.96. The maximum absolute atomic E-state index is 11.1. The van der Waals surface area contributed by atoms with E-state index >= 15 is 0 Å².